The second-order valence-corrected chi connectivity index (χ2v) is 4.65. The molecule has 0 fully saturated rings. The van der Waals surface area contributed by atoms with Crippen LogP contribution in [0.1, 0.15) is 13.8 Å². The van der Waals surface area contributed by atoms with Gasteiger partial charge < -0.3 is 10.1 Å². The Morgan fingerprint density at radius 3 is 2.62 bits per heavy atom. The molecular weight excluding hydrogens is 277 g/mol. The highest BCUT2D eigenvalue weighted by molar-refractivity contribution is 9.10. The number of benzene rings is 1. The van der Waals surface area contributed by atoms with Crippen LogP contribution in [0.25, 0.3) is 0 Å². The van der Waals surface area contributed by atoms with Crippen molar-refractivity contribution >= 4 is 27.5 Å². The topological polar surface area (TPSA) is 38.3 Å². The molecule has 0 aromatic heterocycles. The molecule has 1 rings (SSSR count). The highest BCUT2D eigenvalue weighted by Crippen LogP contribution is 2.21. The van der Waals surface area contributed by atoms with Crippen molar-refractivity contribution in [3.05, 3.63) is 28.5 Å². The first-order chi connectivity index (χ1) is 7.36. The number of anilines is 1. The molecule has 0 spiro atoms. The Balaban J connectivity index is 2.82. The van der Waals surface area contributed by atoms with Gasteiger partial charge >= 0.3 is 0 Å². The third kappa shape index (κ3) is 3.02. The lowest BCUT2D eigenvalue weighted by molar-refractivity contribution is -0.133. The second-order valence-electron chi connectivity index (χ2n) is 3.80. The molecule has 0 radical (unpaired) electrons. The van der Waals surface area contributed by atoms with Crippen LogP contribution in [0.15, 0.2) is 22.7 Å². The van der Waals surface area contributed by atoms with Crippen LogP contribution in [-0.2, 0) is 9.53 Å². The molecule has 0 atom stereocenters. The monoisotopic (exact) mass is 289 g/mol. The molecule has 1 aromatic rings. The van der Waals surface area contributed by atoms with E-state index in [1.54, 1.807) is 13.8 Å². The minimum Gasteiger partial charge on any atom is -0.369 e. The molecule has 1 amide bonds. The molecular formula is C11H13BrFNO2. The van der Waals surface area contributed by atoms with Crippen molar-refractivity contribution in [2.45, 2.75) is 19.4 Å². The van der Waals surface area contributed by atoms with Crippen LogP contribution in [-0.4, -0.2) is 18.6 Å². The molecule has 0 aliphatic rings. The summed E-state index contributed by atoms with van der Waals surface area (Å²) in [6.45, 7) is 3.31. The summed E-state index contributed by atoms with van der Waals surface area (Å²) < 4.78 is 18.3. The van der Waals surface area contributed by atoms with Crippen molar-refractivity contribution in [3.63, 3.8) is 0 Å². The fraction of sp³-hybridized carbons (Fsp3) is 0.364. The van der Waals surface area contributed by atoms with Crippen LogP contribution in [0.4, 0.5) is 10.1 Å². The van der Waals surface area contributed by atoms with E-state index in [1.807, 2.05) is 0 Å². The average molecular weight is 290 g/mol. The first-order valence-electron chi connectivity index (χ1n) is 4.68. The molecule has 0 aliphatic heterocycles. The summed E-state index contributed by atoms with van der Waals surface area (Å²) in [5.74, 6) is -0.655. The van der Waals surface area contributed by atoms with E-state index in [0.717, 1.165) is 0 Å². The van der Waals surface area contributed by atoms with E-state index in [9.17, 15) is 9.18 Å². The van der Waals surface area contributed by atoms with Gasteiger partial charge in [-0.3, -0.25) is 4.79 Å². The largest absolute Gasteiger partial charge is 0.369 e. The van der Waals surface area contributed by atoms with E-state index in [2.05, 4.69) is 21.2 Å². The Kier molecular flexibility index (Phi) is 4.04. The van der Waals surface area contributed by atoms with Gasteiger partial charge in [0, 0.05) is 12.8 Å². The normalized spacial score (nSPS) is 11.3. The van der Waals surface area contributed by atoms with Crippen molar-refractivity contribution in [1.82, 2.24) is 0 Å². The fourth-order valence-corrected chi connectivity index (χ4v) is 1.33. The molecule has 16 heavy (non-hydrogen) atoms. The van der Waals surface area contributed by atoms with E-state index in [-0.39, 0.29) is 11.7 Å². The summed E-state index contributed by atoms with van der Waals surface area (Å²) in [5.41, 5.74) is -0.399. The van der Waals surface area contributed by atoms with Gasteiger partial charge in [-0.15, -0.1) is 0 Å². The number of rotatable bonds is 3. The van der Waals surface area contributed by atoms with Gasteiger partial charge in [0.25, 0.3) is 5.91 Å². The Morgan fingerprint density at radius 2 is 2.12 bits per heavy atom. The number of nitrogens with one attached hydrogen (secondary N) is 1. The highest BCUT2D eigenvalue weighted by atomic mass is 79.9. The van der Waals surface area contributed by atoms with Crippen LogP contribution in [0.5, 0.6) is 0 Å². The Labute approximate surface area is 102 Å². The number of methoxy groups -OCH3 is 1. The second kappa shape index (κ2) is 4.93. The Morgan fingerprint density at radius 1 is 1.50 bits per heavy atom. The lowest BCUT2D eigenvalue weighted by Gasteiger charge is -2.21. The van der Waals surface area contributed by atoms with Crippen LogP contribution in [0.3, 0.4) is 0 Å². The molecule has 88 valence electrons. The predicted octanol–water partition coefficient (Wildman–Crippen LogP) is 2.95. The summed E-state index contributed by atoms with van der Waals surface area (Å²) in [7, 11) is 1.46. The minimum atomic E-state index is -0.916. The van der Waals surface area contributed by atoms with Crippen molar-refractivity contribution < 1.29 is 13.9 Å². The molecule has 5 heteroatoms. The number of halogens is 2. The van der Waals surface area contributed by atoms with E-state index >= 15 is 0 Å². The summed E-state index contributed by atoms with van der Waals surface area (Å²) in [6.07, 6.45) is 0. The molecule has 0 saturated carbocycles. The summed E-state index contributed by atoms with van der Waals surface area (Å²) in [6, 6.07) is 4.27. The average Bonchev–Trinajstić information content (AvgIpc) is 2.23. The smallest absolute Gasteiger partial charge is 0.256 e. The molecule has 3 nitrogen and oxygen atoms in total. The van der Waals surface area contributed by atoms with Gasteiger partial charge in [0.1, 0.15) is 11.4 Å². The lowest BCUT2D eigenvalue weighted by atomic mass is 10.1. The van der Waals surface area contributed by atoms with Crippen LogP contribution >= 0.6 is 15.9 Å². The molecule has 1 N–H and O–H groups in total. The summed E-state index contributed by atoms with van der Waals surface area (Å²) in [4.78, 5) is 11.7. The zero-order valence-corrected chi connectivity index (χ0v) is 10.9. The van der Waals surface area contributed by atoms with Gasteiger partial charge in [0.2, 0.25) is 0 Å². The fourth-order valence-electron chi connectivity index (χ4n) is 0.948. The van der Waals surface area contributed by atoms with E-state index < -0.39 is 5.60 Å². The Bertz CT molecular complexity index is 407. The van der Waals surface area contributed by atoms with Crippen LogP contribution in [0.2, 0.25) is 0 Å². The zero-order valence-electron chi connectivity index (χ0n) is 9.30. The molecule has 0 unspecified atom stereocenters. The number of ether oxygens (including phenoxy) is 1. The maximum absolute atomic E-state index is 13.0. The van der Waals surface area contributed by atoms with Gasteiger partial charge in [0.05, 0.1) is 4.47 Å². The minimum absolute atomic E-state index is 0.284. The van der Waals surface area contributed by atoms with Crippen LogP contribution in [0, 0.1) is 5.82 Å². The first-order valence-corrected chi connectivity index (χ1v) is 5.48. The number of carbonyl (C=O) groups excluding carboxylic acids is 1. The summed E-state index contributed by atoms with van der Waals surface area (Å²) >= 11 is 3.05. The summed E-state index contributed by atoms with van der Waals surface area (Å²) in [5, 5.41) is 2.64. The first kappa shape index (κ1) is 13.1. The van der Waals surface area contributed by atoms with E-state index in [1.165, 1.54) is 25.3 Å². The number of hydrogen-bond donors (Lipinski definition) is 1. The highest BCUT2D eigenvalue weighted by Gasteiger charge is 2.26. The third-order valence-corrected chi connectivity index (χ3v) is 2.84. The quantitative estimate of drug-likeness (QED) is 0.929. The molecule has 0 heterocycles. The third-order valence-electron chi connectivity index (χ3n) is 2.23. The Hall–Kier alpha value is -0.940. The maximum Gasteiger partial charge on any atom is 0.256 e. The van der Waals surface area contributed by atoms with Crippen LogP contribution < -0.4 is 5.32 Å². The molecule has 0 aliphatic carbocycles. The molecule has 0 saturated heterocycles. The molecule has 0 bridgehead atoms. The standard InChI is InChI=1S/C11H13BrFNO2/c1-11(2,16-3)10(15)14-7-4-5-9(13)8(12)6-7/h4-6H,1-3H3,(H,14,15). The molecule has 1 aromatic carbocycles. The lowest BCUT2D eigenvalue weighted by Crippen LogP contribution is -2.38. The van der Waals surface area contributed by atoms with E-state index in [4.69, 9.17) is 4.74 Å². The predicted molar refractivity (Wildman–Crippen MR) is 63.8 cm³/mol. The van der Waals surface area contributed by atoms with Crippen molar-refractivity contribution in [2.75, 3.05) is 12.4 Å². The van der Waals surface area contributed by atoms with Crippen molar-refractivity contribution in [3.8, 4) is 0 Å². The van der Waals surface area contributed by atoms with Gasteiger partial charge in [-0.05, 0) is 48.0 Å². The zero-order chi connectivity index (χ0) is 12.3. The van der Waals surface area contributed by atoms with Crippen molar-refractivity contribution in [1.29, 1.82) is 0 Å². The van der Waals surface area contributed by atoms with E-state index in [0.29, 0.717) is 10.2 Å². The van der Waals surface area contributed by atoms with Gasteiger partial charge in [-0.1, -0.05) is 0 Å². The maximum atomic E-state index is 13.0. The number of carbonyl (C=O) groups is 1. The van der Waals surface area contributed by atoms with Gasteiger partial charge in [-0.25, -0.2) is 4.39 Å². The number of amides is 1. The van der Waals surface area contributed by atoms with Crippen molar-refractivity contribution in [2.24, 2.45) is 0 Å². The van der Waals surface area contributed by atoms with Gasteiger partial charge in [0.15, 0.2) is 0 Å². The van der Waals surface area contributed by atoms with Gasteiger partial charge in [-0.2, -0.15) is 0 Å². The SMILES string of the molecule is COC(C)(C)C(=O)Nc1ccc(F)c(Br)c1. The number of hydrogen-bond acceptors (Lipinski definition) is 2.